The maximum absolute atomic E-state index is 13.1. The van der Waals surface area contributed by atoms with Crippen LogP contribution in [0.1, 0.15) is 27.9 Å². The topological polar surface area (TPSA) is 66.2 Å². The summed E-state index contributed by atoms with van der Waals surface area (Å²) >= 11 is 0. The number of aromatic nitrogens is 1. The van der Waals surface area contributed by atoms with Crippen LogP contribution in [0.15, 0.2) is 42.6 Å². The number of carbonyl (C=O) groups excluding carboxylic acids is 1. The minimum atomic E-state index is -4.59. The summed E-state index contributed by atoms with van der Waals surface area (Å²) in [6.07, 6.45) is -3.08. The number of carbonyl (C=O) groups is 1. The van der Waals surface area contributed by atoms with Crippen LogP contribution >= 0.6 is 0 Å². The quantitative estimate of drug-likeness (QED) is 0.842. The normalized spacial score (nSPS) is 17.0. The van der Waals surface area contributed by atoms with Crippen molar-refractivity contribution in [3.8, 4) is 11.9 Å². The average Bonchev–Trinajstić information content (AvgIpc) is 3.09. The van der Waals surface area contributed by atoms with Gasteiger partial charge < -0.3 is 9.64 Å². The summed E-state index contributed by atoms with van der Waals surface area (Å²) in [5.74, 6) is -0.429. The number of benzene rings is 1. The van der Waals surface area contributed by atoms with Gasteiger partial charge in [0.15, 0.2) is 0 Å². The molecule has 2 aromatic rings. The molecule has 1 aliphatic rings. The van der Waals surface area contributed by atoms with Gasteiger partial charge in [-0.3, -0.25) is 4.79 Å². The fraction of sp³-hybridized carbons (Fsp3) is 0.278. The Morgan fingerprint density at radius 3 is 2.81 bits per heavy atom. The maximum Gasteiger partial charge on any atom is 0.417 e. The number of hydrogen-bond donors (Lipinski definition) is 0. The Bertz CT molecular complexity index is 861. The molecule has 1 aromatic heterocycles. The predicted octanol–water partition coefficient (Wildman–Crippen LogP) is 3.27. The van der Waals surface area contributed by atoms with Crippen molar-refractivity contribution in [1.29, 1.82) is 5.26 Å². The monoisotopic (exact) mass is 361 g/mol. The molecule has 26 heavy (non-hydrogen) atoms. The van der Waals surface area contributed by atoms with Crippen molar-refractivity contribution in [3.05, 3.63) is 59.3 Å². The number of rotatable bonds is 3. The van der Waals surface area contributed by atoms with E-state index in [2.05, 4.69) is 4.98 Å². The molecule has 0 N–H and O–H groups in total. The van der Waals surface area contributed by atoms with Gasteiger partial charge in [-0.25, -0.2) is 4.98 Å². The molecule has 0 saturated carbocycles. The van der Waals surface area contributed by atoms with E-state index in [1.54, 1.807) is 0 Å². The molecule has 2 heterocycles. The first-order chi connectivity index (χ1) is 12.4. The summed E-state index contributed by atoms with van der Waals surface area (Å²) in [4.78, 5) is 17.9. The highest BCUT2D eigenvalue weighted by Crippen LogP contribution is 2.33. The van der Waals surface area contributed by atoms with Crippen LogP contribution in [-0.2, 0) is 6.18 Å². The molecule has 1 unspecified atom stereocenters. The summed E-state index contributed by atoms with van der Waals surface area (Å²) in [5, 5.41) is 8.88. The molecule has 0 bridgehead atoms. The van der Waals surface area contributed by atoms with Crippen LogP contribution in [0.3, 0.4) is 0 Å². The Morgan fingerprint density at radius 1 is 1.31 bits per heavy atom. The van der Waals surface area contributed by atoms with Crippen molar-refractivity contribution in [2.45, 2.75) is 18.7 Å². The number of nitrogens with zero attached hydrogens (tertiary/aromatic N) is 3. The number of hydrogen-bond acceptors (Lipinski definition) is 4. The van der Waals surface area contributed by atoms with Gasteiger partial charge in [0.2, 0.25) is 5.88 Å². The molecule has 8 heteroatoms. The molecular weight excluding hydrogens is 347 g/mol. The third kappa shape index (κ3) is 3.77. The zero-order chi connectivity index (χ0) is 18.7. The molecule has 1 saturated heterocycles. The Morgan fingerprint density at radius 2 is 2.08 bits per heavy atom. The zero-order valence-corrected chi connectivity index (χ0v) is 13.5. The molecule has 1 fully saturated rings. The van der Waals surface area contributed by atoms with Gasteiger partial charge in [-0.1, -0.05) is 12.1 Å². The molecule has 1 atom stereocenters. The summed E-state index contributed by atoms with van der Waals surface area (Å²) in [6.45, 7) is 0.442. The molecule has 0 aliphatic carbocycles. The van der Waals surface area contributed by atoms with Gasteiger partial charge in [0.05, 0.1) is 29.3 Å². The van der Waals surface area contributed by atoms with Gasteiger partial charge in [-0.2, -0.15) is 18.4 Å². The Kier molecular flexibility index (Phi) is 4.80. The van der Waals surface area contributed by atoms with E-state index in [1.165, 1.54) is 41.4 Å². The van der Waals surface area contributed by atoms with Crippen molar-refractivity contribution in [2.24, 2.45) is 0 Å². The number of alkyl halides is 3. The van der Waals surface area contributed by atoms with Crippen LogP contribution < -0.4 is 4.74 Å². The van der Waals surface area contributed by atoms with Crippen LogP contribution in [-0.4, -0.2) is 35.0 Å². The summed E-state index contributed by atoms with van der Waals surface area (Å²) in [5.41, 5.74) is -0.928. The van der Waals surface area contributed by atoms with Gasteiger partial charge in [-0.05, 0) is 18.2 Å². The van der Waals surface area contributed by atoms with E-state index in [0.717, 1.165) is 6.07 Å². The lowest BCUT2D eigenvalue weighted by molar-refractivity contribution is -0.138. The zero-order valence-electron chi connectivity index (χ0n) is 13.5. The fourth-order valence-corrected chi connectivity index (χ4v) is 2.81. The number of likely N-dealkylation sites (tertiary alicyclic amines) is 1. The van der Waals surface area contributed by atoms with Gasteiger partial charge in [0.1, 0.15) is 6.10 Å². The SMILES string of the molecule is N#Cc1ccnc(OC2CCN(C(=O)c3ccccc3C(F)(F)F)C2)c1. The minimum Gasteiger partial charge on any atom is -0.472 e. The highest BCUT2D eigenvalue weighted by atomic mass is 19.4. The smallest absolute Gasteiger partial charge is 0.417 e. The van der Waals surface area contributed by atoms with Crippen molar-refractivity contribution in [3.63, 3.8) is 0 Å². The average molecular weight is 361 g/mol. The van der Waals surface area contributed by atoms with Crippen LogP contribution in [0.2, 0.25) is 0 Å². The summed E-state index contributed by atoms with van der Waals surface area (Å²) in [6, 6.07) is 9.71. The lowest BCUT2D eigenvalue weighted by Gasteiger charge is -2.19. The van der Waals surface area contributed by atoms with E-state index in [9.17, 15) is 18.0 Å². The second-order valence-electron chi connectivity index (χ2n) is 5.82. The Labute approximate surface area is 147 Å². The maximum atomic E-state index is 13.1. The molecule has 5 nitrogen and oxygen atoms in total. The van der Waals surface area contributed by atoms with Crippen molar-refractivity contribution in [1.82, 2.24) is 9.88 Å². The number of halogens is 3. The molecule has 1 amide bonds. The van der Waals surface area contributed by atoms with Crippen LogP contribution in [0.4, 0.5) is 13.2 Å². The van der Waals surface area contributed by atoms with Crippen LogP contribution in [0, 0.1) is 11.3 Å². The van der Waals surface area contributed by atoms with Gasteiger partial charge in [-0.15, -0.1) is 0 Å². The molecule has 1 aromatic carbocycles. The Balaban J connectivity index is 1.71. The van der Waals surface area contributed by atoms with E-state index in [-0.39, 0.29) is 24.5 Å². The van der Waals surface area contributed by atoms with Gasteiger partial charge in [0, 0.05) is 25.2 Å². The first kappa shape index (κ1) is 17.7. The number of nitriles is 1. The second-order valence-corrected chi connectivity index (χ2v) is 5.82. The second kappa shape index (κ2) is 7.04. The highest BCUT2D eigenvalue weighted by molar-refractivity contribution is 5.96. The molecular formula is C18H14F3N3O2. The fourth-order valence-electron chi connectivity index (χ4n) is 2.81. The third-order valence-corrected chi connectivity index (χ3v) is 4.05. The number of amides is 1. The highest BCUT2D eigenvalue weighted by Gasteiger charge is 2.37. The summed E-state index contributed by atoms with van der Waals surface area (Å²) < 4.78 is 45.0. The van der Waals surface area contributed by atoms with Crippen molar-refractivity contribution in [2.75, 3.05) is 13.1 Å². The van der Waals surface area contributed by atoms with Crippen LogP contribution in [0.25, 0.3) is 0 Å². The molecule has 3 rings (SSSR count). The predicted molar refractivity (Wildman–Crippen MR) is 85.3 cm³/mol. The lowest BCUT2D eigenvalue weighted by Crippen LogP contribution is -2.32. The van der Waals surface area contributed by atoms with E-state index < -0.39 is 23.8 Å². The van der Waals surface area contributed by atoms with Gasteiger partial charge >= 0.3 is 6.18 Å². The first-order valence-electron chi connectivity index (χ1n) is 7.87. The van der Waals surface area contributed by atoms with Gasteiger partial charge in [0.25, 0.3) is 5.91 Å². The van der Waals surface area contributed by atoms with Crippen molar-refractivity contribution >= 4 is 5.91 Å². The number of pyridine rings is 1. The lowest BCUT2D eigenvalue weighted by atomic mass is 10.1. The minimum absolute atomic E-state index is 0.156. The Hall–Kier alpha value is -3.08. The molecule has 0 radical (unpaired) electrons. The third-order valence-electron chi connectivity index (χ3n) is 4.05. The first-order valence-corrected chi connectivity index (χ1v) is 7.87. The molecule has 0 spiro atoms. The van der Waals surface area contributed by atoms with Crippen LogP contribution in [0.5, 0.6) is 5.88 Å². The summed E-state index contributed by atoms with van der Waals surface area (Å²) in [7, 11) is 0. The van der Waals surface area contributed by atoms with E-state index in [1.807, 2.05) is 6.07 Å². The van der Waals surface area contributed by atoms with E-state index in [4.69, 9.17) is 10.00 Å². The van der Waals surface area contributed by atoms with E-state index >= 15 is 0 Å². The van der Waals surface area contributed by atoms with E-state index in [0.29, 0.717) is 12.0 Å². The largest absolute Gasteiger partial charge is 0.472 e. The number of ether oxygens (including phenoxy) is 1. The molecule has 1 aliphatic heterocycles. The molecule has 134 valence electrons. The standard InChI is InChI=1S/C18H14F3N3O2/c19-18(20,21)15-4-2-1-3-14(15)17(25)24-8-6-13(11-24)26-16-9-12(10-22)5-7-23-16/h1-5,7,9,13H,6,8,11H2. The van der Waals surface area contributed by atoms with Crippen molar-refractivity contribution < 1.29 is 22.7 Å².